The molecule has 1 heterocycles. The molecule has 1 atom stereocenters. The lowest BCUT2D eigenvalue weighted by Gasteiger charge is -2.31. The molecule has 0 unspecified atom stereocenters. The highest BCUT2D eigenvalue weighted by Crippen LogP contribution is 2.32. The monoisotopic (exact) mass is 300 g/mol. The second kappa shape index (κ2) is 7.28. The van der Waals surface area contributed by atoms with E-state index in [4.69, 9.17) is 0 Å². The Morgan fingerprint density at radius 3 is 2.50 bits per heavy atom. The van der Waals surface area contributed by atoms with E-state index in [0.717, 1.165) is 24.9 Å². The Labute approximate surface area is 134 Å². The Morgan fingerprint density at radius 1 is 1.18 bits per heavy atom. The highest BCUT2D eigenvalue weighted by molar-refractivity contribution is 5.78. The number of nitrogens with one attached hydrogen (secondary N) is 1. The second-order valence-electron chi connectivity index (χ2n) is 7.10. The molecule has 1 aliphatic carbocycles. The number of rotatable bonds is 6. The maximum atomic E-state index is 12.1. The molecule has 3 rings (SSSR count). The lowest BCUT2D eigenvalue weighted by molar-refractivity contribution is -0.123. The number of benzene rings is 1. The number of likely N-dealkylation sites (tertiary alicyclic amines) is 1. The third-order valence-corrected chi connectivity index (χ3v) is 5.16. The van der Waals surface area contributed by atoms with Gasteiger partial charge in [0.1, 0.15) is 0 Å². The van der Waals surface area contributed by atoms with Crippen LogP contribution in [0.2, 0.25) is 0 Å². The van der Waals surface area contributed by atoms with Crippen molar-refractivity contribution < 1.29 is 4.79 Å². The molecule has 3 heteroatoms. The van der Waals surface area contributed by atoms with Gasteiger partial charge in [-0.3, -0.25) is 9.69 Å². The third kappa shape index (κ3) is 4.57. The van der Waals surface area contributed by atoms with Gasteiger partial charge in [-0.15, -0.1) is 0 Å². The molecule has 1 amide bonds. The number of piperidine rings is 1. The molecular formula is C19H28N2O. The maximum Gasteiger partial charge on any atom is 0.234 e. The van der Waals surface area contributed by atoms with Crippen molar-refractivity contribution in [3.05, 3.63) is 35.9 Å². The molecule has 120 valence electrons. The summed E-state index contributed by atoms with van der Waals surface area (Å²) < 4.78 is 0. The molecule has 0 radical (unpaired) electrons. The van der Waals surface area contributed by atoms with Gasteiger partial charge < -0.3 is 5.32 Å². The van der Waals surface area contributed by atoms with Crippen molar-refractivity contribution in [2.45, 2.75) is 45.1 Å². The third-order valence-electron chi connectivity index (χ3n) is 5.16. The van der Waals surface area contributed by atoms with Crippen LogP contribution in [0.5, 0.6) is 0 Å². The lowest BCUT2D eigenvalue weighted by Crippen LogP contribution is -2.44. The standard InChI is InChI=1S/C19H28N2O/c1-15(18-7-8-18)20-19(22)14-21-11-9-17(10-12-21)13-16-5-3-2-4-6-16/h2-6,15,17-18H,7-14H2,1H3,(H,20,22)/t15-/m1/s1. The average Bonchev–Trinajstić information content (AvgIpc) is 3.35. The first-order chi connectivity index (χ1) is 10.7. The summed E-state index contributed by atoms with van der Waals surface area (Å²) in [7, 11) is 0. The van der Waals surface area contributed by atoms with Gasteiger partial charge in [-0.2, -0.15) is 0 Å². The van der Waals surface area contributed by atoms with Crippen molar-refractivity contribution in [1.82, 2.24) is 10.2 Å². The molecule has 0 aromatic heterocycles. The van der Waals surface area contributed by atoms with Gasteiger partial charge in [0.05, 0.1) is 6.54 Å². The second-order valence-corrected chi connectivity index (χ2v) is 7.10. The van der Waals surface area contributed by atoms with E-state index in [0.29, 0.717) is 12.6 Å². The Bertz CT molecular complexity index is 475. The van der Waals surface area contributed by atoms with Crippen LogP contribution in [0.25, 0.3) is 0 Å². The largest absolute Gasteiger partial charge is 0.352 e. The first-order valence-corrected chi connectivity index (χ1v) is 8.76. The number of hydrogen-bond acceptors (Lipinski definition) is 2. The molecule has 1 aliphatic heterocycles. The Morgan fingerprint density at radius 2 is 1.86 bits per heavy atom. The first-order valence-electron chi connectivity index (χ1n) is 8.76. The van der Waals surface area contributed by atoms with Crippen LogP contribution in [-0.2, 0) is 11.2 Å². The van der Waals surface area contributed by atoms with Crippen molar-refractivity contribution in [3.8, 4) is 0 Å². The van der Waals surface area contributed by atoms with Crippen LogP contribution in [0.15, 0.2) is 30.3 Å². The zero-order valence-electron chi connectivity index (χ0n) is 13.6. The predicted molar refractivity (Wildman–Crippen MR) is 89.6 cm³/mol. The molecule has 1 aromatic rings. The minimum absolute atomic E-state index is 0.209. The molecule has 1 aromatic carbocycles. The van der Waals surface area contributed by atoms with Gasteiger partial charge in [-0.25, -0.2) is 0 Å². The van der Waals surface area contributed by atoms with E-state index in [1.165, 1.54) is 37.7 Å². The van der Waals surface area contributed by atoms with Crippen molar-refractivity contribution in [2.75, 3.05) is 19.6 Å². The Hall–Kier alpha value is -1.35. The summed E-state index contributed by atoms with van der Waals surface area (Å²) in [6.07, 6.45) is 6.17. The zero-order valence-corrected chi connectivity index (χ0v) is 13.6. The van der Waals surface area contributed by atoms with Crippen LogP contribution in [0, 0.1) is 11.8 Å². The van der Waals surface area contributed by atoms with Gasteiger partial charge in [0, 0.05) is 6.04 Å². The number of hydrogen-bond donors (Lipinski definition) is 1. The van der Waals surface area contributed by atoms with Crippen LogP contribution in [0.1, 0.15) is 38.2 Å². The van der Waals surface area contributed by atoms with Crippen molar-refractivity contribution in [1.29, 1.82) is 0 Å². The average molecular weight is 300 g/mol. The molecule has 1 N–H and O–H groups in total. The molecule has 2 fully saturated rings. The minimum atomic E-state index is 0.209. The summed E-state index contributed by atoms with van der Waals surface area (Å²) in [4.78, 5) is 14.4. The van der Waals surface area contributed by atoms with Crippen LogP contribution >= 0.6 is 0 Å². The van der Waals surface area contributed by atoms with Crippen molar-refractivity contribution in [2.24, 2.45) is 11.8 Å². The van der Waals surface area contributed by atoms with Gasteiger partial charge in [0.15, 0.2) is 0 Å². The van der Waals surface area contributed by atoms with Gasteiger partial charge >= 0.3 is 0 Å². The lowest BCUT2D eigenvalue weighted by atomic mass is 9.90. The fourth-order valence-electron chi connectivity index (χ4n) is 3.51. The molecule has 1 saturated heterocycles. The molecule has 3 nitrogen and oxygen atoms in total. The number of nitrogens with zero attached hydrogens (tertiary/aromatic N) is 1. The molecule has 0 bridgehead atoms. The first kappa shape index (κ1) is 15.5. The van der Waals surface area contributed by atoms with Gasteiger partial charge in [-0.1, -0.05) is 30.3 Å². The SMILES string of the molecule is C[C@@H](NC(=O)CN1CCC(Cc2ccccc2)CC1)C1CC1. The topological polar surface area (TPSA) is 32.3 Å². The van der Waals surface area contributed by atoms with E-state index in [2.05, 4.69) is 47.5 Å². The van der Waals surface area contributed by atoms with E-state index >= 15 is 0 Å². The van der Waals surface area contributed by atoms with E-state index < -0.39 is 0 Å². The Balaban J connectivity index is 1.37. The molecule has 0 spiro atoms. The smallest absolute Gasteiger partial charge is 0.234 e. The summed E-state index contributed by atoms with van der Waals surface area (Å²) in [5.74, 6) is 1.72. The minimum Gasteiger partial charge on any atom is -0.352 e. The summed E-state index contributed by atoms with van der Waals surface area (Å²) >= 11 is 0. The van der Waals surface area contributed by atoms with Crippen molar-refractivity contribution in [3.63, 3.8) is 0 Å². The number of carbonyl (C=O) groups excluding carboxylic acids is 1. The quantitative estimate of drug-likeness (QED) is 0.876. The Kier molecular flexibility index (Phi) is 5.14. The van der Waals surface area contributed by atoms with Gasteiger partial charge in [-0.05, 0) is 69.5 Å². The summed E-state index contributed by atoms with van der Waals surface area (Å²) in [6.45, 7) is 4.84. The molecule has 22 heavy (non-hydrogen) atoms. The van der Waals surface area contributed by atoms with Gasteiger partial charge in [0.2, 0.25) is 5.91 Å². The van der Waals surface area contributed by atoms with Crippen LogP contribution in [-0.4, -0.2) is 36.5 Å². The van der Waals surface area contributed by atoms with E-state index in [9.17, 15) is 4.79 Å². The summed E-state index contributed by atoms with van der Waals surface area (Å²) in [5, 5.41) is 3.16. The summed E-state index contributed by atoms with van der Waals surface area (Å²) in [6, 6.07) is 11.1. The van der Waals surface area contributed by atoms with E-state index in [1.54, 1.807) is 0 Å². The fraction of sp³-hybridized carbons (Fsp3) is 0.632. The zero-order chi connectivity index (χ0) is 15.4. The number of amides is 1. The molecular weight excluding hydrogens is 272 g/mol. The fourth-order valence-corrected chi connectivity index (χ4v) is 3.51. The van der Waals surface area contributed by atoms with Gasteiger partial charge in [0.25, 0.3) is 0 Å². The molecule has 2 aliphatic rings. The normalized spacial score (nSPS) is 21.5. The summed E-state index contributed by atoms with van der Waals surface area (Å²) in [5.41, 5.74) is 1.44. The van der Waals surface area contributed by atoms with Crippen LogP contribution in [0.4, 0.5) is 0 Å². The van der Waals surface area contributed by atoms with E-state index in [1.807, 2.05) is 0 Å². The van der Waals surface area contributed by atoms with E-state index in [-0.39, 0.29) is 5.91 Å². The van der Waals surface area contributed by atoms with Crippen molar-refractivity contribution >= 4 is 5.91 Å². The highest BCUT2D eigenvalue weighted by atomic mass is 16.2. The predicted octanol–water partition coefficient (Wildman–Crippen LogP) is 2.86. The molecule has 1 saturated carbocycles. The van der Waals surface area contributed by atoms with Crippen LogP contribution < -0.4 is 5.32 Å². The maximum absolute atomic E-state index is 12.1. The number of carbonyl (C=O) groups is 1. The highest BCUT2D eigenvalue weighted by Gasteiger charge is 2.29. The van der Waals surface area contributed by atoms with Crippen LogP contribution in [0.3, 0.4) is 0 Å².